The van der Waals surface area contributed by atoms with Gasteiger partial charge in [0.25, 0.3) is 10.0 Å². The summed E-state index contributed by atoms with van der Waals surface area (Å²) in [4.78, 5) is 14.8. The summed E-state index contributed by atoms with van der Waals surface area (Å²) in [5, 5.41) is 8.83. The van der Waals surface area contributed by atoms with Crippen LogP contribution in [0.4, 0.5) is 5.69 Å². The van der Waals surface area contributed by atoms with Crippen molar-refractivity contribution >= 4 is 21.7 Å². The normalized spacial score (nSPS) is 11.4. The Morgan fingerprint density at radius 1 is 1.29 bits per heavy atom. The van der Waals surface area contributed by atoms with Gasteiger partial charge in [-0.15, -0.1) is 0 Å². The summed E-state index contributed by atoms with van der Waals surface area (Å²) in [6, 6.07) is 4.26. The molecule has 0 unspecified atom stereocenters. The number of anilines is 1. The Morgan fingerprint density at radius 2 is 1.95 bits per heavy atom. The average molecular weight is 310 g/mol. The lowest BCUT2D eigenvalue weighted by Crippen LogP contribution is -2.14. The van der Waals surface area contributed by atoms with Crippen molar-refractivity contribution in [3.63, 3.8) is 0 Å². The van der Waals surface area contributed by atoms with Crippen LogP contribution in [0.3, 0.4) is 0 Å². The first-order chi connectivity index (χ1) is 9.70. The minimum atomic E-state index is -3.94. The maximum atomic E-state index is 12.3. The maximum Gasteiger partial charge on any atom is 0.371 e. The van der Waals surface area contributed by atoms with Crippen LogP contribution >= 0.6 is 0 Å². The van der Waals surface area contributed by atoms with Gasteiger partial charge in [-0.3, -0.25) is 9.71 Å². The molecule has 2 aromatic heterocycles. The van der Waals surface area contributed by atoms with Crippen molar-refractivity contribution in [3.8, 4) is 0 Å². The lowest BCUT2D eigenvalue weighted by Gasteiger charge is -2.09. The van der Waals surface area contributed by atoms with Gasteiger partial charge in [-0.2, -0.15) is 0 Å². The largest absolute Gasteiger partial charge is 0.475 e. The summed E-state index contributed by atoms with van der Waals surface area (Å²) in [5.74, 6) is -1.74. The van der Waals surface area contributed by atoms with Gasteiger partial charge < -0.3 is 9.52 Å². The molecule has 2 heterocycles. The van der Waals surface area contributed by atoms with E-state index in [1.807, 2.05) is 0 Å². The number of carboxylic acids is 1. The van der Waals surface area contributed by atoms with E-state index in [9.17, 15) is 13.2 Å². The fourth-order valence-corrected chi connectivity index (χ4v) is 3.13. The van der Waals surface area contributed by atoms with Gasteiger partial charge in [0.15, 0.2) is 0 Å². The van der Waals surface area contributed by atoms with Crippen LogP contribution in [0.15, 0.2) is 27.5 Å². The molecule has 2 N–H and O–H groups in total. The number of nitrogens with one attached hydrogen (secondary N) is 1. The molecule has 0 amide bonds. The van der Waals surface area contributed by atoms with E-state index in [4.69, 9.17) is 9.52 Å². The third kappa shape index (κ3) is 3.05. The molecule has 0 atom stereocenters. The quantitative estimate of drug-likeness (QED) is 0.895. The second-order valence-corrected chi connectivity index (χ2v) is 6.18. The summed E-state index contributed by atoms with van der Waals surface area (Å²) in [6.45, 7) is 4.86. The Hall–Kier alpha value is -2.35. The predicted molar refractivity (Wildman–Crippen MR) is 74.9 cm³/mol. The number of furan rings is 1. The lowest BCUT2D eigenvalue weighted by atomic mass is 10.3. The van der Waals surface area contributed by atoms with E-state index in [0.29, 0.717) is 11.4 Å². The SMILES string of the molecule is Cc1ccc(NS(=O)(=O)c2cc(C(=O)O)oc2C)c(C)n1. The Morgan fingerprint density at radius 3 is 2.48 bits per heavy atom. The zero-order valence-electron chi connectivity index (χ0n) is 11.7. The van der Waals surface area contributed by atoms with E-state index < -0.39 is 21.8 Å². The molecule has 0 bridgehead atoms. The van der Waals surface area contributed by atoms with Crippen molar-refractivity contribution in [1.82, 2.24) is 4.98 Å². The van der Waals surface area contributed by atoms with Crippen molar-refractivity contribution in [3.05, 3.63) is 41.1 Å². The second-order valence-electron chi connectivity index (χ2n) is 4.53. The summed E-state index contributed by atoms with van der Waals surface area (Å²) in [5.41, 5.74) is 1.62. The van der Waals surface area contributed by atoms with Gasteiger partial charge in [0.1, 0.15) is 10.7 Å². The number of pyridine rings is 1. The molecule has 0 aliphatic heterocycles. The number of hydrogen-bond acceptors (Lipinski definition) is 5. The summed E-state index contributed by atoms with van der Waals surface area (Å²) < 4.78 is 31.9. The van der Waals surface area contributed by atoms with Gasteiger partial charge in [0.05, 0.1) is 11.4 Å². The summed E-state index contributed by atoms with van der Waals surface area (Å²) in [7, 11) is -3.94. The molecule has 0 aliphatic carbocycles. The first-order valence-corrected chi connectivity index (χ1v) is 7.50. The maximum absolute atomic E-state index is 12.3. The number of sulfonamides is 1. The van der Waals surface area contributed by atoms with Crippen LogP contribution in [0.5, 0.6) is 0 Å². The number of aromatic nitrogens is 1. The molecular weight excluding hydrogens is 296 g/mol. The third-order valence-electron chi connectivity index (χ3n) is 2.84. The Kier molecular flexibility index (Phi) is 3.73. The molecule has 0 radical (unpaired) electrons. The molecule has 0 saturated heterocycles. The third-order valence-corrected chi connectivity index (χ3v) is 4.31. The molecule has 0 saturated carbocycles. The van der Waals surface area contributed by atoms with Crippen LogP contribution in [0.25, 0.3) is 0 Å². The van der Waals surface area contributed by atoms with Gasteiger partial charge in [-0.05, 0) is 32.9 Å². The minimum Gasteiger partial charge on any atom is -0.475 e. The fourth-order valence-electron chi connectivity index (χ4n) is 1.83. The summed E-state index contributed by atoms with van der Waals surface area (Å²) >= 11 is 0. The van der Waals surface area contributed by atoms with Gasteiger partial charge in [0, 0.05) is 11.8 Å². The van der Waals surface area contributed by atoms with Crippen LogP contribution < -0.4 is 4.72 Å². The van der Waals surface area contributed by atoms with Crippen molar-refractivity contribution < 1.29 is 22.7 Å². The highest BCUT2D eigenvalue weighted by Gasteiger charge is 2.24. The van der Waals surface area contributed by atoms with Crippen molar-refractivity contribution in [2.45, 2.75) is 25.7 Å². The molecule has 112 valence electrons. The van der Waals surface area contributed by atoms with Gasteiger partial charge in [-0.1, -0.05) is 0 Å². The standard InChI is InChI=1S/C13H14N2O5S/c1-7-4-5-10(8(2)14-7)15-21(18,19)12-6-11(13(16)17)20-9(12)3/h4-6,15H,1-3H3,(H,16,17). The van der Waals surface area contributed by atoms with Gasteiger partial charge in [-0.25, -0.2) is 13.2 Å². The van der Waals surface area contributed by atoms with E-state index in [1.54, 1.807) is 26.0 Å². The van der Waals surface area contributed by atoms with Crippen LogP contribution in [0.2, 0.25) is 0 Å². The number of aromatic carboxylic acids is 1. The van der Waals surface area contributed by atoms with E-state index in [1.165, 1.54) is 6.92 Å². The second kappa shape index (κ2) is 5.21. The molecule has 2 aromatic rings. The Balaban J connectivity index is 2.41. The van der Waals surface area contributed by atoms with E-state index in [0.717, 1.165) is 11.8 Å². The van der Waals surface area contributed by atoms with Gasteiger partial charge in [0.2, 0.25) is 5.76 Å². The molecule has 7 nitrogen and oxygen atoms in total. The zero-order valence-corrected chi connectivity index (χ0v) is 12.5. The first-order valence-electron chi connectivity index (χ1n) is 6.01. The molecule has 0 fully saturated rings. The highest BCUT2D eigenvalue weighted by Crippen LogP contribution is 2.24. The van der Waals surface area contributed by atoms with Gasteiger partial charge >= 0.3 is 5.97 Å². The van der Waals surface area contributed by atoms with Crippen LogP contribution in [0, 0.1) is 20.8 Å². The number of nitrogens with zero attached hydrogens (tertiary/aromatic N) is 1. The summed E-state index contributed by atoms with van der Waals surface area (Å²) in [6.07, 6.45) is 0. The minimum absolute atomic E-state index is 0.0117. The zero-order chi connectivity index (χ0) is 15.8. The number of hydrogen-bond donors (Lipinski definition) is 2. The molecule has 8 heteroatoms. The van der Waals surface area contributed by atoms with Crippen molar-refractivity contribution in [2.75, 3.05) is 4.72 Å². The lowest BCUT2D eigenvalue weighted by molar-refractivity contribution is 0.0661. The Bertz CT molecular complexity index is 808. The van der Waals surface area contributed by atoms with E-state index in [-0.39, 0.29) is 10.7 Å². The average Bonchev–Trinajstić information content (AvgIpc) is 2.76. The number of carboxylic acid groups (broad SMARTS) is 1. The van der Waals surface area contributed by atoms with Crippen LogP contribution in [0.1, 0.15) is 27.7 Å². The molecule has 21 heavy (non-hydrogen) atoms. The molecule has 0 aliphatic rings. The van der Waals surface area contributed by atoms with Crippen molar-refractivity contribution in [2.24, 2.45) is 0 Å². The smallest absolute Gasteiger partial charge is 0.371 e. The van der Waals surface area contributed by atoms with E-state index in [2.05, 4.69) is 9.71 Å². The number of aryl methyl sites for hydroxylation is 3. The fraction of sp³-hybridized carbons (Fsp3) is 0.231. The number of rotatable bonds is 4. The van der Waals surface area contributed by atoms with Crippen LogP contribution in [-0.4, -0.2) is 24.5 Å². The van der Waals surface area contributed by atoms with Crippen LogP contribution in [-0.2, 0) is 10.0 Å². The Labute approximate surface area is 121 Å². The molecule has 2 rings (SSSR count). The predicted octanol–water partition coefficient (Wildman–Crippen LogP) is 2.10. The highest BCUT2D eigenvalue weighted by atomic mass is 32.2. The highest BCUT2D eigenvalue weighted by molar-refractivity contribution is 7.92. The first kappa shape index (κ1) is 15.0. The molecule has 0 aromatic carbocycles. The molecular formula is C13H14N2O5S. The number of carbonyl (C=O) groups is 1. The molecule has 0 spiro atoms. The van der Waals surface area contributed by atoms with Crippen molar-refractivity contribution in [1.29, 1.82) is 0 Å². The topological polar surface area (TPSA) is 110 Å². The monoisotopic (exact) mass is 310 g/mol. The van der Waals surface area contributed by atoms with E-state index >= 15 is 0 Å².